The van der Waals surface area contributed by atoms with Gasteiger partial charge in [-0.05, 0) is 42.9 Å². The molecule has 2 rings (SSSR count). The summed E-state index contributed by atoms with van der Waals surface area (Å²) in [7, 11) is 1.88. The van der Waals surface area contributed by atoms with Gasteiger partial charge in [0, 0.05) is 12.8 Å². The number of thioether (sulfide) groups is 2. The fraction of sp³-hybridized carbons (Fsp3) is 0.316. The Hall–Kier alpha value is -1.43. The third-order valence-electron chi connectivity index (χ3n) is 3.75. The van der Waals surface area contributed by atoms with Crippen molar-refractivity contribution < 1.29 is 0 Å². The molecule has 5 heteroatoms. The van der Waals surface area contributed by atoms with E-state index in [0.717, 1.165) is 22.4 Å². The minimum atomic E-state index is 0.724. The molecule has 3 nitrogen and oxygen atoms in total. The maximum Gasteiger partial charge on any atom is 0.124 e. The van der Waals surface area contributed by atoms with E-state index in [-0.39, 0.29) is 0 Å². The number of nitrogens with two attached hydrogens (primary N) is 1. The van der Waals surface area contributed by atoms with Crippen molar-refractivity contribution >= 4 is 33.6 Å². The van der Waals surface area contributed by atoms with Gasteiger partial charge < -0.3 is 5.01 Å². The lowest BCUT2D eigenvalue weighted by atomic mass is 10.1. The van der Waals surface area contributed by atoms with Crippen molar-refractivity contribution in [2.45, 2.75) is 26.1 Å². The molecule has 0 saturated carbocycles. The summed E-state index contributed by atoms with van der Waals surface area (Å²) < 4.78 is 1.10. The molecule has 24 heavy (non-hydrogen) atoms. The molecule has 0 saturated heterocycles. The molecule has 2 aromatic rings. The third kappa shape index (κ3) is 5.30. The smallest absolute Gasteiger partial charge is 0.124 e. The number of aliphatic imine (C=N–C) groups is 1. The van der Waals surface area contributed by atoms with Gasteiger partial charge in [0.1, 0.15) is 4.38 Å². The minimum absolute atomic E-state index is 0.724. The molecule has 0 unspecified atom stereocenters. The average Bonchev–Trinajstić information content (AvgIpc) is 2.56. The van der Waals surface area contributed by atoms with Crippen molar-refractivity contribution in [1.29, 1.82) is 0 Å². The molecule has 2 N–H and O–H groups in total. The molecule has 0 spiro atoms. The second-order valence-electron chi connectivity index (χ2n) is 5.75. The van der Waals surface area contributed by atoms with Gasteiger partial charge in [-0.3, -0.25) is 4.99 Å². The standard InChI is InChI=1S/C19H25N3S2/c1-14-7-5-9-16(11-14)12-21-19(23-4)24-13-17-15(2)8-6-10-18(17)22(3)20/h5-11H,12-13,20H2,1-4H3. The number of hydrogen-bond donors (Lipinski definition) is 1. The van der Waals surface area contributed by atoms with Gasteiger partial charge in [0.05, 0.1) is 12.2 Å². The van der Waals surface area contributed by atoms with E-state index in [1.165, 1.54) is 22.3 Å². The summed E-state index contributed by atoms with van der Waals surface area (Å²) in [6.07, 6.45) is 2.08. The van der Waals surface area contributed by atoms with Crippen LogP contribution < -0.4 is 10.9 Å². The SMILES string of the molecule is CSC(=NCc1cccc(C)c1)SCc1c(C)cccc1N(C)N. The second kappa shape index (κ2) is 9.16. The molecule has 0 radical (unpaired) electrons. The van der Waals surface area contributed by atoms with Crippen LogP contribution in [0.25, 0.3) is 0 Å². The van der Waals surface area contributed by atoms with E-state index < -0.39 is 0 Å². The minimum Gasteiger partial charge on any atom is -0.314 e. The summed E-state index contributed by atoms with van der Waals surface area (Å²) in [5, 5.41) is 1.69. The molecular formula is C19H25N3S2. The molecule has 0 heterocycles. The number of benzene rings is 2. The Labute approximate surface area is 153 Å². The Kier molecular flexibility index (Phi) is 7.21. The van der Waals surface area contributed by atoms with Crippen LogP contribution in [0, 0.1) is 13.8 Å². The van der Waals surface area contributed by atoms with Crippen LogP contribution in [-0.2, 0) is 12.3 Å². The maximum atomic E-state index is 5.96. The van der Waals surface area contributed by atoms with Gasteiger partial charge in [-0.1, -0.05) is 53.7 Å². The second-order valence-corrected chi connectivity index (χ2v) is 7.76. The van der Waals surface area contributed by atoms with Crippen LogP contribution in [0.2, 0.25) is 0 Å². The summed E-state index contributed by atoms with van der Waals surface area (Å²) in [4.78, 5) is 4.77. The van der Waals surface area contributed by atoms with Crippen LogP contribution in [0.3, 0.4) is 0 Å². The maximum absolute atomic E-state index is 5.96. The highest BCUT2D eigenvalue weighted by Crippen LogP contribution is 2.28. The first kappa shape index (κ1) is 18.9. The van der Waals surface area contributed by atoms with Gasteiger partial charge in [-0.25, -0.2) is 5.84 Å². The van der Waals surface area contributed by atoms with Crippen LogP contribution in [-0.4, -0.2) is 17.7 Å². The van der Waals surface area contributed by atoms with E-state index in [1.54, 1.807) is 28.5 Å². The Morgan fingerprint density at radius 2 is 1.92 bits per heavy atom. The van der Waals surface area contributed by atoms with Crippen molar-refractivity contribution in [3.05, 3.63) is 64.7 Å². The van der Waals surface area contributed by atoms with E-state index in [1.807, 2.05) is 13.1 Å². The van der Waals surface area contributed by atoms with Gasteiger partial charge in [0.25, 0.3) is 0 Å². The van der Waals surface area contributed by atoms with Crippen LogP contribution >= 0.6 is 23.5 Å². The Bertz CT molecular complexity index is 712. The molecule has 0 aliphatic carbocycles. The highest BCUT2D eigenvalue weighted by Gasteiger charge is 2.09. The van der Waals surface area contributed by atoms with Gasteiger partial charge in [0.2, 0.25) is 0 Å². The Morgan fingerprint density at radius 1 is 1.17 bits per heavy atom. The summed E-state index contributed by atoms with van der Waals surface area (Å²) >= 11 is 3.48. The predicted molar refractivity (Wildman–Crippen MR) is 111 cm³/mol. The quantitative estimate of drug-likeness (QED) is 0.361. The fourth-order valence-corrected chi connectivity index (χ4v) is 4.12. The van der Waals surface area contributed by atoms with Gasteiger partial charge in [-0.2, -0.15) is 0 Å². The number of nitrogens with zero attached hydrogens (tertiary/aromatic N) is 2. The van der Waals surface area contributed by atoms with Crippen molar-refractivity contribution in [3.63, 3.8) is 0 Å². The first-order valence-corrected chi connectivity index (χ1v) is 10.1. The lowest BCUT2D eigenvalue weighted by molar-refractivity contribution is 1.00. The zero-order chi connectivity index (χ0) is 17.5. The van der Waals surface area contributed by atoms with Gasteiger partial charge in [0.15, 0.2) is 0 Å². The topological polar surface area (TPSA) is 41.6 Å². The molecular weight excluding hydrogens is 334 g/mol. The summed E-state index contributed by atoms with van der Waals surface area (Å²) in [5.74, 6) is 6.83. The summed E-state index contributed by atoms with van der Waals surface area (Å²) in [5.41, 5.74) is 6.12. The van der Waals surface area contributed by atoms with E-state index in [4.69, 9.17) is 10.8 Å². The van der Waals surface area contributed by atoms with Crippen molar-refractivity contribution in [1.82, 2.24) is 0 Å². The molecule has 0 aliphatic heterocycles. The van der Waals surface area contributed by atoms with E-state index in [2.05, 4.69) is 56.5 Å². The average molecular weight is 360 g/mol. The van der Waals surface area contributed by atoms with Crippen LogP contribution in [0.15, 0.2) is 47.5 Å². The van der Waals surface area contributed by atoms with Crippen LogP contribution in [0.5, 0.6) is 0 Å². The van der Waals surface area contributed by atoms with Crippen molar-refractivity contribution in [2.24, 2.45) is 10.8 Å². The first-order valence-electron chi connectivity index (χ1n) is 7.85. The highest BCUT2D eigenvalue weighted by atomic mass is 32.2. The van der Waals surface area contributed by atoms with E-state index >= 15 is 0 Å². The Balaban J connectivity index is 2.07. The summed E-state index contributed by atoms with van der Waals surface area (Å²) in [6.45, 7) is 4.97. The molecule has 0 atom stereocenters. The molecule has 2 aromatic carbocycles. The Morgan fingerprint density at radius 3 is 2.58 bits per heavy atom. The lowest BCUT2D eigenvalue weighted by Gasteiger charge is -2.18. The predicted octanol–water partition coefficient (Wildman–Crippen LogP) is 4.77. The van der Waals surface area contributed by atoms with Gasteiger partial charge >= 0.3 is 0 Å². The van der Waals surface area contributed by atoms with Crippen LogP contribution in [0.1, 0.15) is 22.3 Å². The normalized spacial score (nSPS) is 11.6. The zero-order valence-corrected chi connectivity index (χ0v) is 16.4. The monoisotopic (exact) mass is 359 g/mol. The fourth-order valence-electron chi connectivity index (χ4n) is 2.47. The number of hydrazine groups is 1. The van der Waals surface area contributed by atoms with Crippen molar-refractivity contribution in [3.8, 4) is 0 Å². The largest absolute Gasteiger partial charge is 0.314 e. The highest BCUT2D eigenvalue weighted by molar-refractivity contribution is 8.38. The number of aryl methyl sites for hydroxylation is 2. The molecule has 0 aromatic heterocycles. The molecule has 0 amide bonds. The summed E-state index contributed by atoms with van der Waals surface area (Å²) in [6, 6.07) is 14.8. The molecule has 0 aliphatic rings. The molecule has 0 bridgehead atoms. The van der Waals surface area contributed by atoms with E-state index in [0.29, 0.717) is 0 Å². The number of rotatable bonds is 5. The lowest BCUT2D eigenvalue weighted by Crippen LogP contribution is -2.26. The third-order valence-corrected chi connectivity index (χ3v) is 5.89. The zero-order valence-electron chi connectivity index (χ0n) is 14.7. The molecule has 0 fully saturated rings. The first-order chi connectivity index (χ1) is 11.5. The van der Waals surface area contributed by atoms with E-state index in [9.17, 15) is 0 Å². The molecule has 128 valence electrons. The van der Waals surface area contributed by atoms with Gasteiger partial charge in [-0.15, -0.1) is 11.8 Å². The van der Waals surface area contributed by atoms with Crippen molar-refractivity contribution in [2.75, 3.05) is 18.3 Å². The number of hydrogen-bond acceptors (Lipinski definition) is 5. The van der Waals surface area contributed by atoms with Crippen LogP contribution in [0.4, 0.5) is 5.69 Å². The number of anilines is 1.